The second kappa shape index (κ2) is 13.1. The fraction of sp³-hybridized carbons (Fsp3) is 0.393. The lowest BCUT2D eigenvalue weighted by molar-refractivity contribution is -0.121. The summed E-state index contributed by atoms with van der Waals surface area (Å²) in [7, 11) is 0. The molecule has 2 heterocycles. The zero-order chi connectivity index (χ0) is 27.1. The summed E-state index contributed by atoms with van der Waals surface area (Å²) in [5, 5.41) is 6.84. The molecule has 2 atom stereocenters. The Bertz CT molecular complexity index is 1300. The molecule has 2 bridgehead atoms. The van der Waals surface area contributed by atoms with Gasteiger partial charge in [-0.05, 0) is 43.1 Å². The van der Waals surface area contributed by atoms with Crippen LogP contribution in [0.4, 0.5) is 5.82 Å². The molecular formula is C28H33Cl2N5O3. The highest BCUT2D eigenvalue weighted by atomic mass is 35.5. The summed E-state index contributed by atoms with van der Waals surface area (Å²) in [6, 6.07) is 15.5. The monoisotopic (exact) mass is 557 g/mol. The second-order valence-corrected chi connectivity index (χ2v) is 10.2. The highest BCUT2D eigenvalue weighted by molar-refractivity contribution is 6.30. The van der Waals surface area contributed by atoms with E-state index >= 15 is 0 Å². The number of anilines is 1. The number of aromatic nitrogens is 2. The first-order valence-corrected chi connectivity index (χ1v) is 13.6. The standard InChI is InChI=1S/C28H33Cl2N5O3/c1-3-23-18-38-24-11-10-21(29)13-20(24)14-31-26(36)17-35-25(30)15-32-27(28(35)37)33-22(16-34(23)4-2)12-19-8-6-5-7-9-19/h5-11,13,15,22-23H,3-4,12,14,16-18H2,1-2H3,(H,31,36)(H,32,33)/t22-,23?/m0/s1. The first-order chi connectivity index (χ1) is 18.4. The Morgan fingerprint density at radius 3 is 2.63 bits per heavy atom. The maximum atomic E-state index is 13.4. The minimum atomic E-state index is -0.445. The Balaban J connectivity index is 1.73. The van der Waals surface area contributed by atoms with Crippen molar-refractivity contribution in [3.05, 3.63) is 86.4 Å². The summed E-state index contributed by atoms with van der Waals surface area (Å²) < 4.78 is 7.51. The van der Waals surface area contributed by atoms with Crippen molar-refractivity contribution in [2.75, 3.05) is 25.0 Å². The van der Waals surface area contributed by atoms with E-state index in [1.54, 1.807) is 12.1 Å². The molecule has 8 nitrogen and oxygen atoms in total. The molecule has 0 saturated carbocycles. The minimum Gasteiger partial charge on any atom is -0.492 e. The number of amides is 1. The van der Waals surface area contributed by atoms with E-state index in [2.05, 4.69) is 46.5 Å². The lowest BCUT2D eigenvalue weighted by Gasteiger charge is -2.34. The van der Waals surface area contributed by atoms with Crippen LogP contribution < -0.4 is 20.9 Å². The first kappa shape index (κ1) is 28.0. The number of carbonyl (C=O) groups is 1. The van der Waals surface area contributed by atoms with Crippen molar-refractivity contribution in [1.82, 2.24) is 19.8 Å². The molecular weight excluding hydrogens is 525 g/mol. The van der Waals surface area contributed by atoms with Gasteiger partial charge in [0.25, 0.3) is 5.56 Å². The zero-order valence-corrected chi connectivity index (χ0v) is 23.1. The fourth-order valence-corrected chi connectivity index (χ4v) is 5.05. The molecule has 4 rings (SSSR count). The van der Waals surface area contributed by atoms with Crippen LogP contribution in [0.3, 0.4) is 0 Å². The molecule has 1 aliphatic heterocycles. The van der Waals surface area contributed by atoms with Crippen molar-refractivity contribution < 1.29 is 9.53 Å². The molecule has 10 heteroatoms. The molecule has 0 radical (unpaired) electrons. The van der Waals surface area contributed by atoms with Crippen molar-refractivity contribution in [2.24, 2.45) is 0 Å². The Kier molecular flexibility index (Phi) is 9.66. The summed E-state index contributed by atoms with van der Waals surface area (Å²) in [4.78, 5) is 32.8. The summed E-state index contributed by atoms with van der Waals surface area (Å²) in [6.07, 6.45) is 2.95. The largest absolute Gasteiger partial charge is 0.492 e. The predicted octanol–water partition coefficient (Wildman–Crippen LogP) is 4.38. The number of ether oxygens (including phenoxy) is 1. The van der Waals surface area contributed by atoms with Gasteiger partial charge in [-0.25, -0.2) is 4.98 Å². The van der Waals surface area contributed by atoms with Crippen molar-refractivity contribution >= 4 is 34.9 Å². The van der Waals surface area contributed by atoms with Gasteiger partial charge in [0.05, 0.1) is 6.20 Å². The van der Waals surface area contributed by atoms with E-state index in [0.717, 1.165) is 24.1 Å². The average Bonchev–Trinajstić information content (AvgIpc) is 2.91. The van der Waals surface area contributed by atoms with Gasteiger partial charge < -0.3 is 15.4 Å². The second-order valence-electron chi connectivity index (χ2n) is 9.34. The summed E-state index contributed by atoms with van der Waals surface area (Å²) in [5.74, 6) is 0.456. The number of fused-ring (bicyclic) bond motifs is 3. The maximum Gasteiger partial charge on any atom is 0.294 e. The van der Waals surface area contributed by atoms with Gasteiger partial charge in [0, 0.05) is 35.8 Å². The van der Waals surface area contributed by atoms with Crippen LogP contribution in [0, 0.1) is 0 Å². The Hall–Kier alpha value is -3.07. The van der Waals surface area contributed by atoms with Crippen LogP contribution in [0.5, 0.6) is 5.75 Å². The lowest BCUT2D eigenvalue weighted by atomic mass is 10.0. The molecule has 0 aliphatic carbocycles. The Labute approximate surface area is 232 Å². The quantitative estimate of drug-likeness (QED) is 0.494. The highest BCUT2D eigenvalue weighted by Crippen LogP contribution is 2.24. The normalized spacial score (nSPS) is 19.1. The number of nitrogens with one attached hydrogen (secondary N) is 2. The minimum absolute atomic E-state index is 0.0874. The highest BCUT2D eigenvalue weighted by Gasteiger charge is 2.24. The van der Waals surface area contributed by atoms with Gasteiger partial charge in [-0.3, -0.25) is 19.1 Å². The fourth-order valence-electron chi connectivity index (χ4n) is 4.67. The van der Waals surface area contributed by atoms with Crippen molar-refractivity contribution in [2.45, 2.75) is 51.9 Å². The molecule has 0 spiro atoms. The molecule has 2 N–H and O–H groups in total. The van der Waals surface area contributed by atoms with Crippen LogP contribution in [0.2, 0.25) is 10.2 Å². The third kappa shape index (κ3) is 7.07. The maximum absolute atomic E-state index is 13.4. The van der Waals surface area contributed by atoms with Gasteiger partial charge in [0.15, 0.2) is 5.82 Å². The van der Waals surface area contributed by atoms with Crippen LogP contribution in [0.25, 0.3) is 0 Å². The van der Waals surface area contributed by atoms with Crippen LogP contribution in [0.15, 0.2) is 59.5 Å². The van der Waals surface area contributed by atoms with E-state index in [1.165, 1.54) is 10.8 Å². The van der Waals surface area contributed by atoms with Gasteiger partial charge >= 0.3 is 0 Å². The molecule has 1 unspecified atom stereocenters. The Morgan fingerprint density at radius 2 is 1.89 bits per heavy atom. The molecule has 38 heavy (non-hydrogen) atoms. The number of nitrogens with zero attached hydrogens (tertiary/aromatic N) is 3. The third-order valence-electron chi connectivity index (χ3n) is 6.75. The SMILES string of the molecule is CCC1COc2ccc(Cl)cc2CNC(=O)Cn2c(Cl)cnc(c2=O)N[C@@H](Cc2ccccc2)CN1CC. The number of likely N-dealkylation sites (N-methyl/N-ethyl adjacent to an activating group) is 1. The lowest BCUT2D eigenvalue weighted by Crippen LogP contribution is -2.47. The summed E-state index contributed by atoms with van der Waals surface area (Å²) in [5.41, 5.74) is 1.45. The number of benzene rings is 2. The Morgan fingerprint density at radius 1 is 1.11 bits per heavy atom. The predicted molar refractivity (Wildman–Crippen MR) is 151 cm³/mol. The molecule has 1 aromatic heterocycles. The molecule has 0 fully saturated rings. The van der Waals surface area contributed by atoms with Crippen molar-refractivity contribution in [3.63, 3.8) is 0 Å². The molecule has 3 aromatic rings. The van der Waals surface area contributed by atoms with E-state index in [9.17, 15) is 9.59 Å². The number of rotatable bonds is 4. The van der Waals surface area contributed by atoms with E-state index in [-0.39, 0.29) is 42.1 Å². The molecule has 0 saturated heterocycles. The van der Waals surface area contributed by atoms with Crippen LogP contribution >= 0.6 is 23.2 Å². The topological polar surface area (TPSA) is 88.5 Å². The van der Waals surface area contributed by atoms with Crippen molar-refractivity contribution in [3.8, 4) is 5.75 Å². The smallest absolute Gasteiger partial charge is 0.294 e. The van der Waals surface area contributed by atoms with Gasteiger partial charge in [0.2, 0.25) is 5.91 Å². The van der Waals surface area contributed by atoms with E-state index < -0.39 is 5.56 Å². The number of hydrogen-bond acceptors (Lipinski definition) is 6. The van der Waals surface area contributed by atoms with Gasteiger partial charge in [0.1, 0.15) is 24.1 Å². The molecule has 1 amide bonds. The summed E-state index contributed by atoms with van der Waals surface area (Å²) >= 11 is 12.5. The number of hydrogen-bond donors (Lipinski definition) is 2. The molecule has 1 aliphatic rings. The first-order valence-electron chi connectivity index (χ1n) is 12.9. The van der Waals surface area contributed by atoms with Crippen LogP contribution in [0.1, 0.15) is 31.4 Å². The third-order valence-corrected chi connectivity index (χ3v) is 7.29. The zero-order valence-electron chi connectivity index (χ0n) is 21.6. The molecule has 2 aromatic carbocycles. The van der Waals surface area contributed by atoms with E-state index in [1.807, 2.05) is 24.3 Å². The van der Waals surface area contributed by atoms with Crippen LogP contribution in [-0.4, -0.2) is 52.1 Å². The van der Waals surface area contributed by atoms with E-state index in [0.29, 0.717) is 30.3 Å². The van der Waals surface area contributed by atoms with E-state index in [4.69, 9.17) is 27.9 Å². The molecule has 202 valence electrons. The van der Waals surface area contributed by atoms with Crippen molar-refractivity contribution in [1.29, 1.82) is 0 Å². The van der Waals surface area contributed by atoms with Gasteiger partial charge in [-0.2, -0.15) is 0 Å². The number of halogens is 2. The van der Waals surface area contributed by atoms with Gasteiger partial charge in [-0.1, -0.05) is 67.4 Å². The van der Waals surface area contributed by atoms with Crippen LogP contribution in [-0.2, 0) is 24.3 Å². The average molecular weight is 559 g/mol. The van der Waals surface area contributed by atoms with Gasteiger partial charge in [-0.15, -0.1) is 0 Å². The summed E-state index contributed by atoms with van der Waals surface area (Å²) in [6.45, 7) is 6.14. The number of carbonyl (C=O) groups excluding carboxylic acids is 1.